The van der Waals surface area contributed by atoms with Crippen LogP contribution in [0.1, 0.15) is 17.3 Å². The van der Waals surface area contributed by atoms with E-state index < -0.39 is 12.0 Å². The topological polar surface area (TPSA) is 116 Å². The van der Waals surface area contributed by atoms with Crippen LogP contribution in [0.2, 0.25) is 0 Å². The summed E-state index contributed by atoms with van der Waals surface area (Å²) in [5.74, 6) is -0.160. The number of phenolic OH excluding ortho intramolecular Hbond substituents is 1. The molecule has 1 amide bonds. The molecule has 7 heteroatoms. The molecule has 1 aromatic carbocycles. The minimum Gasteiger partial charge on any atom is -0.508 e. The number of phenols is 1. The van der Waals surface area contributed by atoms with Crippen molar-refractivity contribution in [3.05, 3.63) is 36.0 Å². The summed E-state index contributed by atoms with van der Waals surface area (Å²) in [6.45, 7) is 1.49. The van der Waals surface area contributed by atoms with Gasteiger partial charge in [-0.1, -0.05) is 0 Å². The highest BCUT2D eigenvalue weighted by atomic mass is 16.5. The van der Waals surface area contributed by atoms with Crippen LogP contribution in [0, 0.1) is 0 Å². The van der Waals surface area contributed by atoms with Gasteiger partial charge in [0.05, 0.1) is 12.2 Å². The Kier molecular flexibility index (Phi) is 6.22. The third kappa shape index (κ3) is 5.53. The van der Waals surface area contributed by atoms with Gasteiger partial charge in [-0.25, -0.2) is 10.1 Å². The Labute approximate surface area is 122 Å². The number of hydrogen-bond acceptors (Lipinski definition) is 5. The third-order valence-electron chi connectivity index (χ3n) is 2.44. The number of nitrogens with one attached hydrogen (secondary N) is 2. The standard InChI is InChI=1S/C14H19N3O4/c1-9(8-18)21-12-6-10(5-11(19)7-12)14(20)17-13(15)3-4-16-2/h3-7,9,16,18-19H,8H2,1-2H3,(H2,15,17,20)/p+1/b4-3-/t9-/m0/s1. The highest BCUT2D eigenvalue weighted by molar-refractivity contribution is 6.08. The molecule has 0 aliphatic heterocycles. The van der Waals surface area contributed by atoms with Crippen molar-refractivity contribution >= 4 is 11.7 Å². The van der Waals surface area contributed by atoms with Crippen LogP contribution >= 0.6 is 0 Å². The van der Waals surface area contributed by atoms with E-state index in [0.717, 1.165) is 0 Å². The summed E-state index contributed by atoms with van der Waals surface area (Å²) in [5.41, 5.74) is 0.191. The molecule has 1 aromatic rings. The molecular formula is C14H20N3O4+. The Morgan fingerprint density at radius 3 is 2.81 bits per heavy atom. The number of amidine groups is 1. The number of aliphatic hydroxyl groups is 1. The fourth-order valence-corrected chi connectivity index (χ4v) is 1.47. The number of amides is 1. The van der Waals surface area contributed by atoms with E-state index in [-0.39, 0.29) is 29.5 Å². The summed E-state index contributed by atoms with van der Waals surface area (Å²) < 4.78 is 5.35. The number of benzene rings is 1. The molecule has 0 unspecified atom stereocenters. The molecule has 0 saturated carbocycles. The lowest BCUT2D eigenvalue weighted by Crippen LogP contribution is -2.49. The molecule has 0 aliphatic rings. The van der Waals surface area contributed by atoms with Gasteiger partial charge >= 0.3 is 5.91 Å². The van der Waals surface area contributed by atoms with Gasteiger partial charge in [-0.3, -0.25) is 5.41 Å². The summed E-state index contributed by atoms with van der Waals surface area (Å²) in [6, 6.07) is 4.11. The van der Waals surface area contributed by atoms with Crippen LogP contribution < -0.4 is 20.8 Å². The first-order valence-corrected chi connectivity index (χ1v) is 6.35. The molecule has 0 spiro atoms. The molecule has 0 heterocycles. The summed E-state index contributed by atoms with van der Waals surface area (Å²) in [5, 5.41) is 29.4. The van der Waals surface area contributed by atoms with Gasteiger partial charge in [0.25, 0.3) is 5.84 Å². The van der Waals surface area contributed by atoms with Crippen LogP contribution in [0.4, 0.5) is 0 Å². The highest BCUT2D eigenvalue weighted by Crippen LogP contribution is 2.22. The van der Waals surface area contributed by atoms with Gasteiger partial charge in [-0.15, -0.1) is 0 Å². The molecule has 1 rings (SSSR count). The molecule has 0 bridgehead atoms. The van der Waals surface area contributed by atoms with E-state index in [0.29, 0.717) is 0 Å². The first-order chi connectivity index (χ1) is 9.96. The normalized spacial score (nSPS) is 12.0. The van der Waals surface area contributed by atoms with E-state index in [1.807, 2.05) is 0 Å². The number of ether oxygens (including phenoxy) is 1. The van der Waals surface area contributed by atoms with E-state index >= 15 is 0 Å². The quantitative estimate of drug-likeness (QED) is 0.333. The smallest absolute Gasteiger partial charge is 0.339 e. The third-order valence-corrected chi connectivity index (χ3v) is 2.44. The molecule has 7 nitrogen and oxygen atoms in total. The Balaban J connectivity index is 2.84. The molecule has 0 aliphatic carbocycles. The van der Waals surface area contributed by atoms with Crippen molar-refractivity contribution in [2.75, 3.05) is 13.7 Å². The summed E-state index contributed by atoms with van der Waals surface area (Å²) in [6.07, 6.45) is 2.61. The van der Waals surface area contributed by atoms with Gasteiger partial charge in [0.2, 0.25) is 0 Å². The lowest BCUT2D eigenvalue weighted by atomic mass is 10.2. The van der Waals surface area contributed by atoms with E-state index in [1.165, 1.54) is 24.3 Å². The van der Waals surface area contributed by atoms with Crippen molar-refractivity contribution in [2.45, 2.75) is 13.0 Å². The summed E-state index contributed by atoms with van der Waals surface area (Å²) in [7, 11) is 1.70. The molecule has 0 fully saturated rings. The maximum Gasteiger partial charge on any atom is 0.339 e. The van der Waals surface area contributed by atoms with Gasteiger partial charge in [0.1, 0.15) is 17.6 Å². The van der Waals surface area contributed by atoms with Crippen molar-refractivity contribution < 1.29 is 25.2 Å². The summed E-state index contributed by atoms with van der Waals surface area (Å²) in [4.78, 5) is 12.0. The van der Waals surface area contributed by atoms with Gasteiger partial charge < -0.3 is 20.3 Å². The second-order valence-corrected chi connectivity index (χ2v) is 4.36. The number of rotatable bonds is 6. The molecule has 0 radical (unpaired) electrons. The second kappa shape index (κ2) is 7.91. The highest BCUT2D eigenvalue weighted by Gasteiger charge is 2.15. The van der Waals surface area contributed by atoms with E-state index in [4.69, 9.17) is 15.3 Å². The minimum atomic E-state index is -0.481. The Morgan fingerprint density at radius 1 is 1.48 bits per heavy atom. The van der Waals surface area contributed by atoms with Crippen molar-refractivity contribution in [1.29, 1.82) is 0 Å². The van der Waals surface area contributed by atoms with E-state index in [2.05, 4.69) is 10.6 Å². The summed E-state index contributed by atoms with van der Waals surface area (Å²) >= 11 is 0. The van der Waals surface area contributed by atoms with Gasteiger partial charge in [-0.2, -0.15) is 0 Å². The zero-order valence-electron chi connectivity index (χ0n) is 12.0. The van der Waals surface area contributed by atoms with Crippen molar-refractivity contribution in [2.24, 2.45) is 0 Å². The molecule has 21 heavy (non-hydrogen) atoms. The van der Waals surface area contributed by atoms with Gasteiger partial charge in [0, 0.05) is 25.4 Å². The van der Waals surface area contributed by atoms with E-state index in [9.17, 15) is 9.90 Å². The predicted octanol–water partition coefficient (Wildman–Crippen LogP) is -1.23. The molecule has 114 valence electrons. The predicted molar refractivity (Wildman–Crippen MR) is 77.9 cm³/mol. The maximum atomic E-state index is 12.0. The number of aliphatic hydroxyl groups excluding tert-OH is 1. The molecule has 0 saturated heterocycles. The number of nitrogens with two attached hydrogens (primary N) is 1. The maximum absolute atomic E-state index is 12.0. The van der Waals surface area contributed by atoms with Crippen LogP contribution in [0.5, 0.6) is 11.5 Å². The first kappa shape index (κ1) is 16.5. The number of hydrogen-bond donors (Lipinski definition) is 5. The Hall–Kier alpha value is -2.54. The van der Waals surface area contributed by atoms with E-state index in [1.54, 1.807) is 20.2 Å². The lowest BCUT2D eigenvalue weighted by Gasteiger charge is -2.12. The van der Waals surface area contributed by atoms with Crippen molar-refractivity contribution in [3.8, 4) is 11.5 Å². The largest absolute Gasteiger partial charge is 0.508 e. The van der Waals surface area contributed by atoms with Crippen LogP contribution in [-0.2, 0) is 0 Å². The number of carbonyl (C=O) groups is 1. The van der Waals surface area contributed by atoms with Gasteiger partial charge in [0.15, 0.2) is 0 Å². The van der Waals surface area contributed by atoms with Gasteiger partial charge in [-0.05, 0) is 19.1 Å². The van der Waals surface area contributed by atoms with Crippen LogP contribution in [0.3, 0.4) is 0 Å². The number of carbonyl (C=O) groups excluding carboxylic acids is 1. The molecule has 6 N–H and O–H groups in total. The van der Waals surface area contributed by atoms with Crippen LogP contribution in [0.15, 0.2) is 30.5 Å². The van der Waals surface area contributed by atoms with Crippen molar-refractivity contribution in [1.82, 2.24) is 10.6 Å². The molecule has 0 aromatic heterocycles. The molecule has 1 atom stereocenters. The second-order valence-electron chi connectivity index (χ2n) is 4.36. The Bertz CT molecular complexity index is 543. The lowest BCUT2D eigenvalue weighted by molar-refractivity contribution is -0.115. The molecular weight excluding hydrogens is 274 g/mol. The number of aromatic hydroxyl groups is 1. The monoisotopic (exact) mass is 294 g/mol. The zero-order valence-corrected chi connectivity index (χ0v) is 12.0. The average Bonchev–Trinajstić information content (AvgIpc) is 2.44. The first-order valence-electron chi connectivity index (χ1n) is 6.35. The fraction of sp³-hybridized carbons (Fsp3) is 0.286. The Morgan fingerprint density at radius 2 is 2.19 bits per heavy atom. The average molecular weight is 294 g/mol. The van der Waals surface area contributed by atoms with Crippen LogP contribution in [-0.4, -0.2) is 41.7 Å². The SMILES string of the molecule is CN/C=C\C(=[NH2+])NC(=O)c1cc(O)cc(O[C@@H](C)CO)c1. The van der Waals surface area contributed by atoms with Crippen LogP contribution in [0.25, 0.3) is 0 Å². The fourth-order valence-electron chi connectivity index (χ4n) is 1.47. The minimum absolute atomic E-state index is 0.118. The zero-order chi connectivity index (χ0) is 15.8. The van der Waals surface area contributed by atoms with Crippen molar-refractivity contribution in [3.63, 3.8) is 0 Å².